The molecule has 0 saturated heterocycles. The molecule has 0 spiro atoms. The average molecular weight is 399 g/mol. The molecule has 0 unspecified atom stereocenters. The summed E-state index contributed by atoms with van der Waals surface area (Å²) in [5, 5.41) is 4.52. The Hall–Kier alpha value is -2.43. The molecule has 1 saturated carbocycles. The van der Waals surface area contributed by atoms with E-state index in [4.69, 9.17) is 0 Å². The third-order valence-electron chi connectivity index (χ3n) is 4.57. The standard InChI is InChI=1S/C16H16F3N5O2S/c1-3-27(25,26)15-14(21-13(23(15)2)9-4-5-9)24-8-10-7-20-12(16(17,18)19)6-11(10)22-24/h6-9H,3-5H2,1-2H3. The molecule has 0 bridgehead atoms. The molecule has 11 heteroatoms. The highest BCUT2D eigenvalue weighted by Crippen LogP contribution is 2.41. The van der Waals surface area contributed by atoms with Crippen molar-refractivity contribution in [1.82, 2.24) is 24.3 Å². The number of rotatable bonds is 4. The molecule has 0 amide bonds. The second-order valence-electron chi connectivity index (χ2n) is 6.54. The SMILES string of the molecule is CCS(=O)(=O)c1c(-n2cc3cnc(C(F)(F)F)cc3n2)nc(C2CC2)n1C. The Morgan fingerprint density at radius 3 is 2.59 bits per heavy atom. The van der Waals surface area contributed by atoms with Crippen molar-refractivity contribution in [2.75, 3.05) is 5.75 Å². The Balaban J connectivity index is 1.91. The molecule has 1 aliphatic rings. The molecule has 0 N–H and O–H groups in total. The number of nitrogens with zero attached hydrogens (tertiary/aromatic N) is 5. The van der Waals surface area contributed by atoms with Crippen molar-refractivity contribution in [3.8, 4) is 5.82 Å². The number of halogens is 3. The van der Waals surface area contributed by atoms with E-state index in [0.717, 1.165) is 25.1 Å². The van der Waals surface area contributed by atoms with Gasteiger partial charge in [0.2, 0.25) is 0 Å². The lowest BCUT2D eigenvalue weighted by atomic mass is 10.3. The summed E-state index contributed by atoms with van der Waals surface area (Å²) in [7, 11) is -1.98. The molecule has 1 fully saturated rings. The van der Waals surface area contributed by atoms with Crippen molar-refractivity contribution >= 4 is 20.7 Å². The van der Waals surface area contributed by atoms with Gasteiger partial charge in [0, 0.05) is 30.7 Å². The Labute approximate surface area is 152 Å². The van der Waals surface area contributed by atoms with Gasteiger partial charge in [0.05, 0.1) is 11.3 Å². The summed E-state index contributed by atoms with van der Waals surface area (Å²) in [6, 6.07) is 0.838. The first-order chi connectivity index (χ1) is 12.6. The quantitative estimate of drug-likeness (QED) is 0.674. The first-order valence-electron chi connectivity index (χ1n) is 8.34. The van der Waals surface area contributed by atoms with Gasteiger partial charge in [-0.3, -0.25) is 4.98 Å². The predicted molar refractivity (Wildman–Crippen MR) is 90.3 cm³/mol. The van der Waals surface area contributed by atoms with Crippen LogP contribution < -0.4 is 0 Å². The minimum atomic E-state index is -4.58. The summed E-state index contributed by atoms with van der Waals surface area (Å²) >= 11 is 0. The molecule has 4 rings (SSSR count). The number of hydrogen-bond acceptors (Lipinski definition) is 5. The second kappa shape index (κ2) is 5.78. The molecule has 27 heavy (non-hydrogen) atoms. The van der Waals surface area contributed by atoms with E-state index in [1.807, 2.05) is 0 Å². The van der Waals surface area contributed by atoms with Crippen LogP contribution in [0.3, 0.4) is 0 Å². The highest BCUT2D eigenvalue weighted by atomic mass is 32.2. The number of alkyl halides is 3. The largest absolute Gasteiger partial charge is 0.433 e. The van der Waals surface area contributed by atoms with Crippen LogP contribution in [0.4, 0.5) is 13.2 Å². The van der Waals surface area contributed by atoms with E-state index in [1.54, 1.807) is 11.6 Å². The first kappa shape index (κ1) is 18.0. The van der Waals surface area contributed by atoms with Crippen LogP contribution in [-0.4, -0.2) is 38.5 Å². The molecule has 0 radical (unpaired) electrons. The van der Waals surface area contributed by atoms with Crippen molar-refractivity contribution in [2.45, 2.75) is 36.9 Å². The van der Waals surface area contributed by atoms with Crippen molar-refractivity contribution in [2.24, 2.45) is 7.05 Å². The van der Waals surface area contributed by atoms with Crippen LogP contribution in [-0.2, 0) is 23.1 Å². The maximum atomic E-state index is 12.9. The van der Waals surface area contributed by atoms with Crippen LogP contribution in [0, 0.1) is 0 Å². The fraction of sp³-hybridized carbons (Fsp3) is 0.438. The maximum Gasteiger partial charge on any atom is 0.433 e. The normalized spacial score (nSPS) is 15.6. The van der Waals surface area contributed by atoms with E-state index in [-0.39, 0.29) is 28.0 Å². The van der Waals surface area contributed by atoms with Gasteiger partial charge in [-0.1, -0.05) is 6.92 Å². The average Bonchev–Trinajstić information content (AvgIpc) is 3.24. The molecule has 3 heterocycles. The Bertz CT molecular complexity index is 1140. The fourth-order valence-electron chi connectivity index (χ4n) is 3.01. The molecular weight excluding hydrogens is 383 g/mol. The summed E-state index contributed by atoms with van der Waals surface area (Å²) in [5.41, 5.74) is -0.989. The van der Waals surface area contributed by atoms with Gasteiger partial charge in [0.15, 0.2) is 20.7 Å². The van der Waals surface area contributed by atoms with Crippen molar-refractivity contribution in [3.05, 3.63) is 30.0 Å². The molecular formula is C16H16F3N5O2S. The van der Waals surface area contributed by atoms with E-state index in [2.05, 4.69) is 15.1 Å². The molecule has 0 aliphatic heterocycles. The lowest BCUT2D eigenvalue weighted by Crippen LogP contribution is -2.13. The fourth-order valence-corrected chi connectivity index (χ4v) is 4.21. The van der Waals surface area contributed by atoms with Crippen LogP contribution in [0.2, 0.25) is 0 Å². The third kappa shape index (κ3) is 2.99. The van der Waals surface area contributed by atoms with Crippen LogP contribution >= 0.6 is 0 Å². The van der Waals surface area contributed by atoms with E-state index in [0.29, 0.717) is 11.2 Å². The zero-order valence-electron chi connectivity index (χ0n) is 14.5. The molecule has 7 nitrogen and oxygen atoms in total. The summed E-state index contributed by atoms with van der Waals surface area (Å²) in [6.45, 7) is 1.53. The topological polar surface area (TPSA) is 82.7 Å². The summed E-state index contributed by atoms with van der Waals surface area (Å²) in [6.07, 6.45) is -0.221. The summed E-state index contributed by atoms with van der Waals surface area (Å²) in [4.78, 5) is 7.88. The van der Waals surface area contributed by atoms with Crippen LogP contribution in [0.15, 0.2) is 23.5 Å². The number of pyridine rings is 1. The first-order valence-corrected chi connectivity index (χ1v) is 9.99. The highest BCUT2D eigenvalue weighted by Gasteiger charge is 2.35. The van der Waals surface area contributed by atoms with Crippen molar-refractivity contribution < 1.29 is 21.6 Å². The van der Waals surface area contributed by atoms with Crippen LogP contribution in [0.5, 0.6) is 0 Å². The number of aromatic nitrogens is 5. The third-order valence-corrected chi connectivity index (χ3v) is 6.38. The Kier molecular flexibility index (Phi) is 3.85. The van der Waals surface area contributed by atoms with Crippen LogP contribution in [0.1, 0.15) is 37.2 Å². The molecule has 0 atom stereocenters. The minimum absolute atomic E-state index is 0.0173. The zero-order valence-corrected chi connectivity index (χ0v) is 15.3. The smallest absolute Gasteiger partial charge is 0.320 e. The van der Waals surface area contributed by atoms with E-state index >= 15 is 0 Å². The molecule has 1 aliphatic carbocycles. The molecule has 0 aromatic carbocycles. The van der Waals surface area contributed by atoms with Crippen molar-refractivity contribution in [1.29, 1.82) is 0 Å². The minimum Gasteiger partial charge on any atom is -0.320 e. The highest BCUT2D eigenvalue weighted by molar-refractivity contribution is 7.91. The molecule has 3 aromatic rings. The zero-order chi connectivity index (χ0) is 19.6. The van der Waals surface area contributed by atoms with Crippen molar-refractivity contribution in [3.63, 3.8) is 0 Å². The van der Waals surface area contributed by atoms with Gasteiger partial charge < -0.3 is 4.57 Å². The lowest BCUT2D eigenvalue weighted by molar-refractivity contribution is -0.141. The Morgan fingerprint density at radius 1 is 1.30 bits per heavy atom. The number of hydrogen-bond donors (Lipinski definition) is 0. The molecule has 3 aromatic heterocycles. The van der Waals surface area contributed by atoms with Crippen LogP contribution in [0.25, 0.3) is 16.7 Å². The summed E-state index contributed by atoms with van der Waals surface area (Å²) < 4.78 is 66.6. The van der Waals surface area contributed by atoms with Gasteiger partial charge in [0.1, 0.15) is 11.5 Å². The van der Waals surface area contributed by atoms with Gasteiger partial charge in [-0.05, 0) is 18.9 Å². The second-order valence-corrected chi connectivity index (χ2v) is 8.73. The number of sulfone groups is 1. The van der Waals surface area contributed by atoms with Gasteiger partial charge in [0.25, 0.3) is 0 Å². The summed E-state index contributed by atoms with van der Waals surface area (Å²) in [5.74, 6) is 0.819. The van der Waals surface area contributed by atoms with E-state index < -0.39 is 21.7 Å². The number of imidazole rings is 1. The predicted octanol–water partition coefficient (Wildman–Crippen LogP) is 2.84. The van der Waals surface area contributed by atoms with E-state index in [9.17, 15) is 21.6 Å². The van der Waals surface area contributed by atoms with Gasteiger partial charge in [-0.25, -0.2) is 18.1 Å². The van der Waals surface area contributed by atoms with Gasteiger partial charge in [-0.15, -0.1) is 0 Å². The monoisotopic (exact) mass is 399 g/mol. The Morgan fingerprint density at radius 2 is 2.00 bits per heavy atom. The van der Waals surface area contributed by atoms with E-state index in [1.165, 1.54) is 17.8 Å². The van der Waals surface area contributed by atoms with Gasteiger partial charge in [-0.2, -0.15) is 18.3 Å². The lowest BCUT2D eigenvalue weighted by Gasteiger charge is -2.06. The number of fused-ring (bicyclic) bond motifs is 1. The molecule has 144 valence electrons. The van der Waals surface area contributed by atoms with Gasteiger partial charge >= 0.3 is 6.18 Å². The maximum absolute atomic E-state index is 12.9.